The molecule has 2 aromatic rings. The molecule has 0 aliphatic carbocycles. The maximum Gasteiger partial charge on any atom is 0.239 e. The molecule has 4 nitrogen and oxygen atoms in total. The summed E-state index contributed by atoms with van der Waals surface area (Å²) in [6.07, 6.45) is 0.614. The zero-order valence-corrected chi connectivity index (χ0v) is 15.1. The van der Waals surface area contributed by atoms with E-state index in [1.807, 2.05) is 67.6 Å². The number of amides is 1. The molecule has 0 aliphatic heterocycles. The third kappa shape index (κ3) is 5.50. The lowest BCUT2D eigenvalue weighted by atomic mass is 10.1. The van der Waals surface area contributed by atoms with Gasteiger partial charge in [0.1, 0.15) is 12.3 Å². The molecule has 1 N–H and O–H groups in total. The van der Waals surface area contributed by atoms with Crippen LogP contribution < -0.4 is 5.32 Å². The van der Waals surface area contributed by atoms with Crippen molar-refractivity contribution < 1.29 is 9.53 Å². The van der Waals surface area contributed by atoms with Gasteiger partial charge >= 0.3 is 0 Å². The van der Waals surface area contributed by atoms with E-state index in [1.165, 1.54) is 0 Å². The first-order valence-corrected chi connectivity index (χ1v) is 8.59. The molecule has 0 bridgehead atoms. The van der Waals surface area contributed by atoms with E-state index >= 15 is 0 Å². The largest absolute Gasteiger partial charge is 0.473 e. The first kappa shape index (κ1) is 18.8. The number of hydrogen-bond donors (Lipinski definition) is 2. The van der Waals surface area contributed by atoms with Gasteiger partial charge in [-0.2, -0.15) is 12.6 Å². The summed E-state index contributed by atoms with van der Waals surface area (Å²) in [5.74, 6) is 0.0496. The maximum absolute atomic E-state index is 12.3. The predicted octanol–water partition coefficient (Wildman–Crippen LogP) is 4.05. The SMILES string of the molecule is C=N/C(=C(/NC(=O)C(S)CC)OCc1ccccc1)c1ccccc1. The number of carbonyl (C=O) groups excluding carboxylic acids is 1. The molecule has 0 radical (unpaired) electrons. The van der Waals surface area contributed by atoms with Crippen molar-refractivity contribution in [1.29, 1.82) is 0 Å². The fourth-order valence-electron chi connectivity index (χ4n) is 2.16. The second-order valence-electron chi connectivity index (χ2n) is 5.39. The van der Waals surface area contributed by atoms with Crippen molar-refractivity contribution in [2.45, 2.75) is 25.2 Å². The van der Waals surface area contributed by atoms with Crippen molar-refractivity contribution >= 4 is 31.0 Å². The number of rotatable bonds is 8. The van der Waals surface area contributed by atoms with Gasteiger partial charge in [-0.25, -0.2) is 0 Å². The Morgan fingerprint density at radius 2 is 1.76 bits per heavy atom. The molecule has 0 aliphatic rings. The van der Waals surface area contributed by atoms with Gasteiger partial charge in [0, 0.05) is 5.56 Å². The first-order chi connectivity index (χ1) is 12.2. The highest BCUT2D eigenvalue weighted by molar-refractivity contribution is 7.81. The molecule has 0 aromatic heterocycles. The molecule has 0 spiro atoms. The summed E-state index contributed by atoms with van der Waals surface area (Å²) in [4.78, 5) is 16.4. The third-order valence-electron chi connectivity index (χ3n) is 3.57. The Balaban J connectivity index is 2.31. The monoisotopic (exact) mass is 354 g/mol. The van der Waals surface area contributed by atoms with Gasteiger partial charge in [-0.1, -0.05) is 67.6 Å². The van der Waals surface area contributed by atoms with Crippen molar-refractivity contribution in [1.82, 2.24) is 5.32 Å². The van der Waals surface area contributed by atoms with E-state index in [4.69, 9.17) is 4.74 Å². The lowest BCUT2D eigenvalue weighted by molar-refractivity contribution is -0.120. The van der Waals surface area contributed by atoms with Gasteiger partial charge in [0.05, 0.1) is 5.25 Å². The average molecular weight is 354 g/mol. The number of nitrogens with zero attached hydrogens (tertiary/aromatic N) is 1. The molecule has 2 aromatic carbocycles. The number of aliphatic imine (C=N–C) groups is 1. The van der Waals surface area contributed by atoms with E-state index in [9.17, 15) is 4.79 Å². The van der Waals surface area contributed by atoms with Gasteiger partial charge in [-0.15, -0.1) is 0 Å². The fraction of sp³-hybridized carbons (Fsp3) is 0.200. The minimum Gasteiger partial charge on any atom is -0.473 e. The number of benzene rings is 2. The summed E-state index contributed by atoms with van der Waals surface area (Å²) >= 11 is 4.29. The molecule has 1 atom stereocenters. The van der Waals surface area contributed by atoms with Crippen LogP contribution in [0.15, 0.2) is 71.5 Å². The van der Waals surface area contributed by atoms with E-state index in [0.29, 0.717) is 18.7 Å². The average Bonchev–Trinajstić information content (AvgIpc) is 2.67. The maximum atomic E-state index is 12.3. The van der Waals surface area contributed by atoms with Crippen LogP contribution in [0.5, 0.6) is 0 Å². The molecule has 0 saturated carbocycles. The normalized spacial score (nSPS) is 12.7. The molecular weight excluding hydrogens is 332 g/mol. The van der Waals surface area contributed by atoms with Crippen molar-refractivity contribution in [2.24, 2.45) is 4.99 Å². The van der Waals surface area contributed by atoms with Crippen LogP contribution in [0.2, 0.25) is 0 Å². The van der Waals surface area contributed by atoms with E-state index in [-0.39, 0.29) is 11.8 Å². The van der Waals surface area contributed by atoms with Crippen molar-refractivity contribution in [3.05, 3.63) is 77.7 Å². The Kier molecular flexibility index (Phi) is 7.29. The lowest BCUT2D eigenvalue weighted by Gasteiger charge is -2.17. The molecule has 1 unspecified atom stereocenters. The molecule has 0 fully saturated rings. The molecular formula is C20H22N2O2S. The van der Waals surface area contributed by atoms with E-state index in [0.717, 1.165) is 11.1 Å². The van der Waals surface area contributed by atoms with E-state index in [2.05, 4.69) is 29.7 Å². The van der Waals surface area contributed by atoms with Gasteiger partial charge in [-0.3, -0.25) is 15.1 Å². The van der Waals surface area contributed by atoms with Crippen LogP contribution in [0, 0.1) is 0 Å². The van der Waals surface area contributed by atoms with Crippen LogP contribution in [0.25, 0.3) is 5.70 Å². The van der Waals surface area contributed by atoms with Crippen molar-refractivity contribution in [2.75, 3.05) is 0 Å². The van der Waals surface area contributed by atoms with Crippen LogP contribution in [-0.4, -0.2) is 17.9 Å². The second-order valence-corrected chi connectivity index (χ2v) is 6.01. The predicted molar refractivity (Wildman–Crippen MR) is 105 cm³/mol. The summed E-state index contributed by atoms with van der Waals surface area (Å²) in [5, 5.41) is 2.38. The van der Waals surface area contributed by atoms with Crippen LogP contribution >= 0.6 is 12.6 Å². The summed E-state index contributed by atoms with van der Waals surface area (Å²) < 4.78 is 5.88. The van der Waals surface area contributed by atoms with Gasteiger partial charge in [0.2, 0.25) is 11.8 Å². The number of hydrogen-bond acceptors (Lipinski definition) is 4. The van der Waals surface area contributed by atoms with E-state index in [1.54, 1.807) is 0 Å². The summed E-state index contributed by atoms with van der Waals surface area (Å²) in [5.41, 5.74) is 2.29. The minimum absolute atomic E-state index is 0.231. The lowest BCUT2D eigenvalue weighted by Crippen LogP contribution is -2.32. The summed E-state index contributed by atoms with van der Waals surface area (Å²) in [6, 6.07) is 19.2. The van der Waals surface area contributed by atoms with Crippen molar-refractivity contribution in [3.8, 4) is 0 Å². The third-order valence-corrected chi connectivity index (χ3v) is 4.17. The van der Waals surface area contributed by atoms with Crippen LogP contribution in [0.3, 0.4) is 0 Å². The fourth-order valence-corrected chi connectivity index (χ4v) is 2.23. The minimum atomic E-state index is -0.419. The number of nitrogens with one attached hydrogen (secondary N) is 1. The topological polar surface area (TPSA) is 50.7 Å². The van der Waals surface area contributed by atoms with E-state index < -0.39 is 5.25 Å². The highest BCUT2D eigenvalue weighted by atomic mass is 32.1. The quantitative estimate of drug-likeness (QED) is 0.427. The Morgan fingerprint density at radius 1 is 1.16 bits per heavy atom. The van der Waals surface area contributed by atoms with Crippen molar-refractivity contribution in [3.63, 3.8) is 0 Å². The van der Waals surface area contributed by atoms with Crippen LogP contribution in [0.1, 0.15) is 24.5 Å². The Bertz CT molecular complexity index is 730. The number of ether oxygens (including phenoxy) is 1. The molecule has 5 heteroatoms. The standard InChI is InChI=1S/C20H22N2O2S/c1-3-17(25)19(23)22-20(24-14-15-10-6-4-7-11-15)18(21-2)16-12-8-5-9-13-16/h4-13,17,25H,2-3,14H2,1H3,(H,22,23)/b20-18-. The highest BCUT2D eigenvalue weighted by Gasteiger charge is 2.17. The molecule has 0 saturated heterocycles. The summed E-state index contributed by atoms with van der Waals surface area (Å²) in [6.45, 7) is 5.84. The second kappa shape index (κ2) is 9.69. The van der Waals surface area contributed by atoms with Gasteiger partial charge in [0.15, 0.2) is 0 Å². The Morgan fingerprint density at radius 3 is 2.32 bits per heavy atom. The Hall–Kier alpha value is -2.53. The van der Waals surface area contributed by atoms with Crippen LogP contribution in [0.4, 0.5) is 0 Å². The van der Waals surface area contributed by atoms with Gasteiger partial charge in [-0.05, 0) is 18.7 Å². The molecule has 1 amide bonds. The van der Waals surface area contributed by atoms with Gasteiger partial charge < -0.3 is 4.74 Å². The molecule has 0 heterocycles. The first-order valence-electron chi connectivity index (χ1n) is 8.07. The molecule has 2 rings (SSSR count). The summed E-state index contributed by atoms with van der Waals surface area (Å²) in [7, 11) is 0. The highest BCUT2D eigenvalue weighted by Crippen LogP contribution is 2.20. The van der Waals surface area contributed by atoms with Crippen LogP contribution in [-0.2, 0) is 16.1 Å². The molecule has 130 valence electrons. The smallest absolute Gasteiger partial charge is 0.239 e. The zero-order valence-electron chi connectivity index (χ0n) is 14.2. The zero-order chi connectivity index (χ0) is 18.1. The Labute approximate surface area is 154 Å². The number of thiol groups is 1. The number of carbonyl (C=O) groups is 1. The molecule has 25 heavy (non-hydrogen) atoms. The van der Waals surface area contributed by atoms with Gasteiger partial charge in [0.25, 0.3) is 0 Å².